The second kappa shape index (κ2) is 7.30. The summed E-state index contributed by atoms with van der Waals surface area (Å²) in [6.07, 6.45) is 1.85. The molecule has 0 unspecified atom stereocenters. The molecule has 0 radical (unpaired) electrons. The molecular formula is C17H27NO4S. The van der Waals surface area contributed by atoms with Crippen LogP contribution in [0.1, 0.15) is 32.3 Å². The molecule has 0 spiro atoms. The Kier molecular flexibility index (Phi) is 5.84. The van der Waals surface area contributed by atoms with E-state index in [1.54, 1.807) is 19.2 Å². The minimum atomic E-state index is -3.50. The maximum atomic E-state index is 12.8. The number of nitrogens with zero attached hydrogens (tertiary/aromatic N) is 1. The van der Waals surface area contributed by atoms with Crippen LogP contribution in [0.4, 0.5) is 0 Å². The average Bonchev–Trinajstić information content (AvgIpc) is 2.55. The van der Waals surface area contributed by atoms with Crippen LogP contribution >= 0.6 is 0 Å². The van der Waals surface area contributed by atoms with E-state index in [1.807, 2.05) is 26.0 Å². The van der Waals surface area contributed by atoms with Crippen molar-refractivity contribution in [1.82, 2.24) is 4.31 Å². The van der Waals surface area contributed by atoms with Crippen LogP contribution < -0.4 is 0 Å². The molecule has 2 rings (SSSR count). The van der Waals surface area contributed by atoms with Gasteiger partial charge in [0.1, 0.15) is 0 Å². The maximum Gasteiger partial charge on any atom is 0.243 e. The third-order valence-corrected chi connectivity index (χ3v) is 6.78. The fourth-order valence-corrected chi connectivity index (χ4v) is 4.58. The van der Waals surface area contributed by atoms with Gasteiger partial charge < -0.3 is 9.84 Å². The van der Waals surface area contributed by atoms with Crippen molar-refractivity contribution in [3.05, 3.63) is 29.8 Å². The molecular weight excluding hydrogens is 314 g/mol. The molecule has 6 heteroatoms. The first kappa shape index (κ1) is 18.4. The van der Waals surface area contributed by atoms with Gasteiger partial charge in [-0.2, -0.15) is 4.31 Å². The van der Waals surface area contributed by atoms with Gasteiger partial charge in [-0.25, -0.2) is 8.42 Å². The van der Waals surface area contributed by atoms with E-state index in [0.717, 1.165) is 12.0 Å². The third-order valence-electron chi connectivity index (χ3n) is 4.90. The van der Waals surface area contributed by atoms with E-state index >= 15 is 0 Å². The highest BCUT2D eigenvalue weighted by Crippen LogP contribution is 2.33. The zero-order valence-electron chi connectivity index (χ0n) is 14.2. The molecule has 0 saturated carbocycles. The minimum Gasteiger partial charge on any atom is -0.389 e. The fraction of sp³-hybridized carbons (Fsp3) is 0.647. The van der Waals surface area contributed by atoms with E-state index in [9.17, 15) is 13.5 Å². The average molecular weight is 341 g/mol. The molecule has 1 fully saturated rings. The fourth-order valence-electron chi connectivity index (χ4n) is 3.05. The van der Waals surface area contributed by atoms with Gasteiger partial charge in [0.05, 0.1) is 10.5 Å². The molecule has 23 heavy (non-hydrogen) atoms. The summed E-state index contributed by atoms with van der Waals surface area (Å²) in [5, 5.41) is 10.7. The van der Waals surface area contributed by atoms with Crippen molar-refractivity contribution in [3.63, 3.8) is 0 Å². The van der Waals surface area contributed by atoms with Crippen molar-refractivity contribution in [3.8, 4) is 0 Å². The number of sulfonamides is 1. The number of aryl methyl sites for hydroxylation is 1. The minimum absolute atomic E-state index is 0.129. The molecule has 130 valence electrons. The van der Waals surface area contributed by atoms with E-state index in [2.05, 4.69) is 0 Å². The second-order valence-electron chi connectivity index (χ2n) is 6.36. The summed E-state index contributed by atoms with van der Waals surface area (Å²) in [5.41, 5.74) is 0.263. The lowest BCUT2D eigenvalue weighted by atomic mass is 9.81. The standard InChI is InChI=1S/C17H27NO4S/c1-4-15-5-7-16(8-6-15)23(20,21)18-11-9-17(19,10-12-22-3)14(2)13-18/h5-8,14,19H,4,9-13H2,1-3H3/t14-,17-/m1/s1. The van der Waals surface area contributed by atoms with Gasteiger partial charge in [-0.3, -0.25) is 0 Å². The monoisotopic (exact) mass is 341 g/mol. The van der Waals surface area contributed by atoms with Crippen molar-refractivity contribution in [2.24, 2.45) is 5.92 Å². The molecule has 1 aliphatic heterocycles. The molecule has 0 amide bonds. The zero-order chi connectivity index (χ0) is 17.1. The van der Waals surface area contributed by atoms with E-state index in [4.69, 9.17) is 4.74 Å². The van der Waals surface area contributed by atoms with Crippen molar-refractivity contribution >= 4 is 10.0 Å². The number of ether oxygens (including phenoxy) is 1. The summed E-state index contributed by atoms with van der Waals surface area (Å²) in [5.74, 6) is -0.129. The van der Waals surface area contributed by atoms with E-state index in [1.165, 1.54) is 4.31 Å². The molecule has 5 nitrogen and oxygen atoms in total. The third kappa shape index (κ3) is 3.94. The number of rotatable bonds is 6. The van der Waals surface area contributed by atoms with Crippen LogP contribution in [0.15, 0.2) is 29.2 Å². The quantitative estimate of drug-likeness (QED) is 0.860. The number of hydrogen-bond acceptors (Lipinski definition) is 4. The maximum absolute atomic E-state index is 12.8. The van der Waals surface area contributed by atoms with Crippen LogP contribution in [0.2, 0.25) is 0 Å². The Morgan fingerprint density at radius 2 is 2.00 bits per heavy atom. The summed E-state index contributed by atoms with van der Waals surface area (Å²) in [6.45, 7) is 5.08. The van der Waals surface area contributed by atoms with Crippen molar-refractivity contribution < 1.29 is 18.3 Å². The summed E-state index contributed by atoms with van der Waals surface area (Å²) < 4.78 is 32.1. The molecule has 1 aromatic carbocycles. The van der Waals surface area contributed by atoms with Crippen LogP contribution in [0.5, 0.6) is 0 Å². The molecule has 0 aliphatic carbocycles. The molecule has 2 atom stereocenters. The number of aliphatic hydroxyl groups is 1. The predicted molar refractivity (Wildman–Crippen MR) is 89.8 cm³/mol. The second-order valence-corrected chi connectivity index (χ2v) is 8.30. The first-order valence-corrected chi connectivity index (χ1v) is 9.58. The predicted octanol–water partition coefficient (Wildman–Crippen LogP) is 2.05. The van der Waals surface area contributed by atoms with Gasteiger partial charge in [0.25, 0.3) is 0 Å². The van der Waals surface area contributed by atoms with Crippen LogP contribution in [0, 0.1) is 5.92 Å². The van der Waals surface area contributed by atoms with E-state index in [-0.39, 0.29) is 5.92 Å². The number of piperidine rings is 1. The van der Waals surface area contributed by atoms with Crippen LogP contribution in [0.3, 0.4) is 0 Å². The van der Waals surface area contributed by atoms with Gasteiger partial charge in [0.15, 0.2) is 0 Å². The Morgan fingerprint density at radius 3 is 2.52 bits per heavy atom. The molecule has 0 aromatic heterocycles. The van der Waals surface area contributed by atoms with Gasteiger partial charge in [0, 0.05) is 26.8 Å². The van der Waals surface area contributed by atoms with Crippen molar-refractivity contribution in [1.29, 1.82) is 0 Å². The first-order chi connectivity index (χ1) is 10.8. The van der Waals surface area contributed by atoms with Gasteiger partial charge in [-0.05, 0) is 42.9 Å². The largest absolute Gasteiger partial charge is 0.389 e. The molecule has 1 heterocycles. The Morgan fingerprint density at radius 1 is 1.35 bits per heavy atom. The topological polar surface area (TPSA) is 66.8 Å². The highest BCUT2D eigenvalue weighted by molar-refractivity contribution is 7.89. The SMILES string of the molecule is CCc1ccc(S(=O)(=O)N2CC[C@@](O)(CCOC)[C@H](C)C2)cc1. The Labute approximate surface area is 139 Å². The summed E-state index contributed by atoms with van der Waals surface area (Å²) in [6, 6.07) is 7.06. The summed E-state index contributed by atoms with van der Waals surface area (Å²) >= 11 is 0. The van der Waals surface area contributed by atoms with Crippen LogP contribution in [-0.2, 0) is 21.2 Å². The number of benzene rings is 1. The Hall–Kier alpha value is -0.950. The molecule has 1 N–H and O–H groups in total. The van der Waals surface area contributed by atoms with E-state index < -0.39 is 15.6 Å². The molecule has 1 aliphatic rings. The zero-order valence-corrected chi connectivity index (χ0v) is 15.0. The van der Waals surface area contributed by atoms with Crippen LogP contribution in [0.25, 0.3) is 0 Å². The van der Waals surface area contributed by atoms with Crippen LogP contribution in [-0.4, -0.2) is 50.2 Å². The normalized spacial score (nSPS) is 26.3. The molecule has 1 saturated heterocycles. The van der Waals surface area contributed by atoms with Gasteiger partial charge in [-0.15, -0.1) is 0 Å². The van der Waals surface area contributed by atoms with Gasteiger partial charge in [0.2, 0.25) is 10.0 Å². The van der Waals surface area contributed by atoms with Gasteiger partial charge in [-0.1, -0.05) is 26.0 Å². The van der Waals surface area contributed by atoms with Gasteiger partial charge >= 0.3 is 0 Å². The molecule has 1 aromatic rings. The van der Waals surface area contributed by atoms with Crippen molar-refractivity contribution in [2.45, 2.75) is 43.6 Å². The number of hydrogen-bond donors (Lipinski definition) is 1. The Bertz CT molecular complexity index is 614. The summed E-state index contributed by atoms with van der Waals surface area (Å²) in [7, 11) is -1.89. The lowest BCUT2D eigenvalue weighted by Crippen LogP contribution is -2.52. The van der Waals surface area contributed by atoms with E-state index in [0.29, 0.717) is 37.4 Å². The molecule has 0 bridgehead atoms. The summed E-state index contributed by atoms with van der Waals surface area (Å²) in [4.78, 5) is 0.323. The lowest BCUT2D eigenvalue weighted by Gasteiger charge is -2.42. The van der Waals surface area contributed by atoms with Crippen molar-refractivity contribution in [2.75, 3.05) is 26.8 Å². The smallest absolute Gasteiger partial charge is 0.243 e. The Balaban J connectivity index is 2.13. The highest BCUT2D eigenvalue weighted by atomic mass is 32.2. The first-order valence-electron chi connectivity index (χ1n) is 8.14. The number of methoxy groups -OCH3 is 1. The highest BCUT2D eigenvalue weighted by Gasteiger charge is 2.42. The lowest BCUT2D eigenvalue weighted by molar-refractivity contribution is -0.0679.